The zero-order valence-electron chi connectivity index (χ0n) is 11.0. The number of carbonyl (C=O) groups is 1. The molecule has 0 aromatic rings. The third kappa shape index (κ3) is 6.90. The lowest BCUT2D eigenvalue weighted by Gasteiger charge is -2.32. The van der Waals surface area contributed by atoms with E-state index < -0.39 is 5.97 Å². The molecule has 0 aliphatic carbocycles. The van der Waals surface area contributed by atoms with Crippen LogP contribution in [0, 0.1) is 0 Å². The molecule has 0 radical (unpaired) electrons. The molecule has 1 fully saturated rings. The Hall–Kier alpha value is -0.690. The standard InChI is InChI=1S/C12H23NO5/c1-16-7-8-17-5-2-3-13-4-6-18-11(10-13)9-12(14)15/h11H,2-10H2,1H3,(H,14,15). The van der Waals surface area contributed by atoms with Gasteiger partial charge >= 0.3 is 5.97 Å². The van der Waals surface area contributed by atoms with Crippen LogP contribution in [0.5, 0.6) is 0 Å². The second kappa shape index (κ2) is 9.27. The molecule has 0 saturated carbocycles. The molecule has 6 heteroatoms. The summed E-state index contributed by atoms with van der Waals surface area (Å²) in [6.45, 7) is 5.07. The van der Waals surface area contributed by atoms with Crippen LogP contribution in [-0.2, 0) is 19.0 Å². The molecular formula is C12H23NO5. The number of hydrogen-bond acceptors (Lipinski definition) is 5. The van der Waals surface area contributed by atoms with Crippen LogP contribution in [-0.4, -0.2) is 75.3 Å². The Labute approximate surface area is 108 Å². The number of nitrogens with zero attached hydrogens (tertiary/aromatic N) is 1. The van der Waals surface area contributed by atoms with Crippen LogP contribution in [0.25, 0.3) is 0 Å². The second-order valence-electron chi connectivity index (χ2n) is 4.35. The fourth-order valence-electron chi connectivity index (χ4n) is 1.94. The highest BCUT2D eigenvalue weighted by molar-refractivity contribution is 5.67. The minimum Gasteiger partial charge on any atom is -0.481 e. The van der Waals surface area contributed by atoms with Gasteiger partial charge in [0.1, 0.15) is 0 Å². The van der Waals surface area contributed by atoms with Gasteiger partial charge in [-0.25, -0.2) is 0 Å². The lowest BCUT2D eigenvalue weighted by molar-refractivity contribution is -0.142. The van der Waals surface area contributed by atoms with Gasteiger partial charge < -0.3 is 19.3 Å². The molecule has 106 valence electrons. The largest absolute Gasteiger partial charge is 0.481 e. The summed E-state index contributed by atoms with van der Waals surface area (Å²) in [5.74, 6) is -0.801. The molecule has 0 aromatic heterocycles. The molecule has 0 amide bonds. The molecule has 0 aromatic carbocycles. The van der Waals surface area contributed by atoms with Crippen molar-refractivity contribution in [1.82, 2.24) is 4.90 Å². The minimum atomic E-state index is -0.801. The summed E-state index contributed by atoms with van der Waals surface area (Å²) in [4.78, 5) is 12.8. The van der Waals surface area contributed by atoms with E-state index in [-0.39, 0.29) is 12.5 Å². The average molecular weight is 261 g/mol. The van der Waals surface area contributed by atoms with Gasteiger partial charge in [0.15, 0.2) is 0 Å². The van der Waals surface area contributed by atoms with E-state index in [1.54, 1.807) is 7.11 Å². The van der Waals surface area contributed by atoms with Crippen LogP contribution in [0.1, 0.15) is 12.8 Å². The smallest absolute Gasteiger partial charge is 0.306 e. The Bertz CT molecular complexity index is 237. The van der Waals surface area contributed by atoms with Crippen LogP contribution < -0.4 is 0 Å². The summed E-state index contributed by atoms with van der Waals surface area (Å²) in [7, 11) is 1.65. The van der Waals surface area contributed by atoms with Gasteiger partial charge in [0.2, 0.25) is 0 Å². The summed E-state index contributed by atoms with van der Waals surface area (Å²) < 4.78 is 15.7. The van der Waals surface area contributed by atoms with E-state index in [1.807, 2.05) is 0 Å². The number of rotatable bonds is 9. The first kappa shape index (κ1) is 15.4. The molecule has 1 N–H and O–H groups in total. The molecule has 1 aliphatic rings. The van der Waals surface area contributed by atoms with E-state index in [4.69, 9.17) is 19.3 Å². The SMILES string of the molecule is COCCOCCCN1CCOC(CC(=O)O)C1. The van der Waals surface area contributed by atoms with Crippen molar-refractivity contribution in [3.63, 3.8) is 0 Å². The molecule has 0 bridgehead atoms. The Morgan fingerprint density at radius 3 is 3.00 bits per heavy atom. The van der Waals surface area contributed by atoms with Gasteiger partial charge in [-0.3, -0.25) is 9.69 Å². The van der Waals surface area contributed by atoms with E-state index in [2.05, 4.69) is 4.90 Å². The topological polar surface area (TPSA) is 68.2 Å². The van der Waals surface area contributed by atoms with E-state index >= 15 is 0 Å². The van der Waals surface area contributed by atoms with Crippen molar-refractivity contribution in [2.75, 3.05) is 53.2 Å². The van der Waals surface area contributed by atoms with Gasteiger partial charge in [0.25, 0.3) is 0 Å². The molecule has 18 heavy (non-hydrogen) atoms. The van der Waals surface area contributed by atoms with Crippen molar-refractivity contribution < 1.29 is 24.1 Å². The van der Waals surface area contributed by atoms with Crippen LogP contribution in [0.4, 0.5) is 0 Å². The molecule has 1 aliphatic heterocycles. The lowest BCUT2D eigenvalue weighted by atomic mass is 10.2. The monoisotopic (exact) mass is 261 g/mol. The lowest BCUT2D eigenvalue weighted by Crippen LogP contribution is -2.43. The van der Waals surface area contributed by atoms with Gasteiger partial charge in [-0.1, -0.05) is 0 Å². The van der Waals surface area contributed by atoms with Crippen molar-refractivity contribution in [3.05, 3.63) is 0 Å². The van der Waals surface area contributed by atoms with Gasteiger partial charge in [-0.15, -0.1) is 0 Å². The van der Waals surface area contributed by atoms with E-state index in [1.165, 1.54) is 0 Å². The first-order chi connectivity index (χ1) is 8.72. The quantitative estimate of drug-likeness (QED) is 0.599. The van der Waals surface area contributed by atoms with E-state index in [9.17, 15) is 4.79 Å². The van der Waals surface area contributed by atoms with Crippen LogP contribution in [0.3, 0.4) is 0 Å². The molecule has 6 nitrogen and oxygen atoms in total. The number of methoxy groups -OCH3 is 1. The van der Waals surface area contributed by atoms with Crippen molar-refractivity contribution in [3.8, 4) is 0 Å². The second-order valence-corrected chi connectivity index (χ2v) is 4.35. The highest BCUT2D eigenvalue weighted by Crippen LogP contribution is 2.09. The molecule has 1 rings (SSSR count). The van der Waals surface area contributed by atoms with Gasteiger partial charge in [-0.05, 0) is 6.42 Å². The Balaban J connectivity index is 2.05. The number of carboxylic acids is 1. The number of morpholine rings is 1. The van der Waals surface area contributed by atoms with Gasteiger partial charge in [0, 0.05) is 33.4 Å². The summed E-state index contributed by atoms with van der Waals surface area (Å²) >= 11 is 0. The maximum Gasteiger partial charge on any atom is 0.306 e. The zero-order valence-corrected chi connectivity index (χ0v) is 11.0. The number of ether oxygens (including phenoxy) is 3. The Morgan fingerprint density at radius 2 is 2.28 bits per heavy atom. The first-order valence-corrected chi connectivity index (χ1v) is 6.35. The van der Waals surface area contributed by atoms with E-state index in [0.29, 0.717) is 33.0 Å². The fourth-order valence-corrected chi connectivity index (χ4v) is 1.94. The minimum absolute atomic E-state index is 0.0842. The molecule has 1 saturated heterocycles. The van der Waals surface area contributed by atoms with Crippen LogP contribution >= 0.6 is 0 Å². The number of carboxylic acid groups (broad SMARTS) is 1. The molecular weight excluding hydrogens is 238 g/mol. The van der Waals surface area contributed by atoms with Crippen LogP contribution in [0.2, 0.25) is 0 Å². The summed E-state index contributed by atoms with van der Waals surface area (Å²) in [6, 6.07) is 0. The average Bonchev–Trinajstić information content (AvgIpc) is 2.33. The maximum absolute atomic E-state index is 10.6. The van der Waals surface area contributed by atoms with Gasteiger partial charge in [-0.2, -0.15) is 0 Å². The Kier molecular flexibility index (Phi) is 7.91. The molecule has 1 unspecified atom stereocenters. The third-order valence-electron chi connectivity index (χ3n) is 2.82. The van der Waals surface area contributed by atoms with Crippen molar-refractivity contribution in [2.24, 2.45) is 0 Å². The predicted octanol–water partition coefficient (Wildman–Crippen LogP) is 0.215. The Morgan fingerprint density at radius 1 is 1.44 bits per heavy atom. The molecule has 0 spiro atoms. The summed E-state index contributed by atoms with van der Waals surface area (Å²) in [6.07, 6.45) is 0.857. The van der Waals surface area contributed by atoms with Crippen molar-refractivity contribution >= 4 is 5.97 Å². The fraction of sp³-hybridized carbons (Fsp3) is 0.917. The van der Waals surface area contributed by atoms with Crippen molar-refractivity contribution in [1.29, 1.82) is 0 Å². The van der Waals surface area contributed by atoms with E-state index in [0.717, 1.165) is 19.5 Å². The summed E-state index contributed by atoms with van der Waals surface area (Å²) in [5.41, 5.74) is 0. The predicted molar refractivity (Wildman–Crippen MR) is 65.7 cm³/mol. The maximum atomic E-state index is 10.6. The van der Waals surface area contributed by atoms with Crippen LogP contribution in [0.15, 0.2) is 0 Å². The third-order valence-corrected chi connectivity index (χ3v) is 2.82. The van der Waals surface area contributed by atoms with Gasteiger partial charge in [0.05, 0.1) is 32.3 Å². The zero-order chi connectivity index (χ0) is 13.2. The first-order valence-electron chi connectivity index (χ1n) is 6.35. The summed E-state index contributed by atoms with van der Waals surface area (Å²) in [5, 5.41) is 8.72. The molecule has 1 atom stereocenters. The molecule has 1 heterocycles. The number of hydrogen-bond donors (Lipinski definition) is 1. The number of aliphatic carboxylic acids is 1. The van der Waals surface area contributed by atoms with Crippen molar-refractivity contribution in [2.45, 2.75) is 18.9 Å². The highest BCUT2D eigenvalue weighted by atomic mass is 16.5. The highest BCUT2D eigenvalue weighted by Gasteiger charge is 2.22. The normalized spacial score (nSPS) is 21.1.